The van der Waals surface area contributed by atoms with Gasteiger partial charge in [0.1, 0.15) is 0 Å². The highest BCUT2D eigenvalue weighted by Gasteiger charge is 2.28. The molecule has 0 saturated heterocycles. The lowest BCUT2D eigenvalue weighted by molar-refractivity contribution is 0.100. The van der Waals surface area contributed by atoms with Gasteiger partial charge >= 0.3 is 0 Å². The van der Waals surface area contributed by atoms with Crippen LogP contribution in [-0.2, 0) is 0 Å². The minimum atomic E-state index is 0.0908. The van der Waals surface area contributed by atoms with E-state index in [0.717, 1.165) is 17.5 Å². The molecule has 0 bridgehead atoms. The molecule has 2 aromatic carbocycles. The Kier molecular flexibility index (Phi) is 3.25. The third-order valence-corrected chi connectivity index (χ3v) is 4.37. The van der Waals surface area contributed by atoms with Crippen LogP contribution in [0.1, 0.15) is 65.0 Å². The number of carbonyl (C=O) groups is 2. The average molecular weight is 278 g/mol. The van der Waals surface area contributed by atoms with Crippen molar-refractivity contribution in [1.82, 2.24) is 0 Å². The zero-order valence-corrected chi connectivity index (χ0v) is 12.6. The molecule has 21 heavy (non-hydrogen) atoms. The van der Waals surface area contributed by atoms with E-state index < -0.39 is 0 Å². The van der Waals surface area contributed by atoms with Crippen LogP contribution >= 0.6 is 0 Å². The van der Waals surface area contributed by atoms with E-state index in [0.29, 0.717) is 0 Å². The number of rotatable bonds is 3. The highest BCUT2D eigenvalue weighted by atomic mass is 16.1. The maximum atomic E-state index is 11.6. The van der Waals surface area contributed by atoms with Crippen molar-refractivity contribution < 1.29 is 9.59 Å². The van der Waals surface area contributed by atoms with E-state index in [9.17, 15) is 9.59 Å². The molecule has 0 saturated carbocycles. The monoisotopic (exact) mass is 278 g/mol. The summed E-state index contributed by atoms with van der Waals surface area (Å²) in [4.78, 5) is 23.2. The Hall–Kier alpha value is -2.22. The van der Waals surface area contributed by atoms with Gasteiger partial charge in [0.2, 0.25) is 0 Å². The maximum absolute atomic E-state index is 11.6. The Balaban J connectivity index is 2.20. The lowest BCUT2D eigenvalue weighted by atomic mass is 9.92. The van der Waals surface area contributed by atoms with E-state index in [1.54, 1.807) is 13.8 Å². The van der Waals surface area contributed by atoms with Crippen molar-refractivity contribution >= 4 is 11.6 Å². The van der Waals surface area contributed by atoms with Gasteiger partial charge < -0.3 is 0 Å². The number of fused-ring (bicyclic) bond motifs is 3. The SMILES string of the molecule is CCC1c2cc(C(C)=O)ccc2-c2ccc(C(C)=O)cc21. The summed E-state index contributed by atoms with van der Waals surface area (Å²) in [7, 11) is 0. The van der Waals surface area contributed by atoms with Crippen molar-refractivity contribution in [1.29, 1.82) is 0 Å². The Morgan fingerprint density at radius 2 is 1.29 bits per heavy atom. The van der Waals surface area contributed by atoms with E-state index in [1.807, 2.05) is 36.4 Å². The van der Waals surface area contributed by atoms with Crippen LogP contribution in [0.2, 0.25) is 0 Å². The molecule has 0 N–H and O–H groups in total. The summed E-state index contributed by atoms with van der Waals surface area (Å²) in [5, 5.41) is 0. The quantitative estimate of drug-likeness (QED) is 0.768. The van der Waals surface area contributed by atoms with Crippen LogP contribution in [-0.4, -0.2) is 11.6 Å². The molecule has 0 radical (unpaired) electrons. The molecule has 2 heteroatoms. The predicted octanol–water partition coefficient (Wildman–Crippen LogP) is 4.61. The van der Waals surface area contributed by atoms with Crippen molar-refractivity contribution in [3.05, 3.63) is 58.7 Å². The molecular formula is C19H18O2. The van der Waals surface area contributed by atoms with Gasteiger partial charge in [0.15, 0.2) is 11.6 Å². The molecule has 0 aliphatic heterocycles. The third kappa shape index (κ3) is 2.11. The van der Waals surface area contributed by atoms with Crippen LogP contribution in [0, 0.1) is 0 Å². The number of benzene rings is 2. The largest absolute Gasteiger partial charge is 0.295 e. The van der Waals surface area contributed by atoms with E-state index in [-0.39, 0.29) is 17.5 Å². The van der Waals surface area contributed by atoms with Crippen molar-refractivity contribution in [3.8, 4) is 11.1 Å². The smallest absolute Gasteiger partial charge is 0.159 e. The minimum Gasteiger partial charge on any atom is -0.295 e. The van der Waals surface area contributed by atoms with Gasteiger partial charge in [0, 0.05) is 17.0 Å². The van der Waals surface area contributed by atoms with Gasteiger partial charge in [-0.15, -0.1) is 0 Å². The fourth-order valence-electron chi connectivity index (χ4n) is 3.24. The minimum absolute atomic E-state index is 0.0908. The fraction of sp³-hybridized carbons (Fsp3) is 0.263. The summed E-state index contributed by atoms with van der Waals surface area (Å²) in [5.74, 6) is 0.453. The van der Waals surface area contributed by atoms with E-state index in [1.165, 1.54) is 22.3 Å². The molecule has 0 unspecified atom stereocenters. The van der Waals surface area contributed by atoms with Gasteiger partial charge in [-0.05, 0) is 54.7 Å². The van der Waals surface area contributed by atoms with Crippen molar-refractivity contribution in [2.24, 2.45) is 0 Å². The molecular weight excluding hydrogens is 260 g/mol. The Labute approximate surface area is 124 Å². The first-order chi connectivity index (χ1) is 10.0. The first kappa shape index (κ1) is 13.7. The number of ketones is 2. The molecule has 1 aliphatic carbocycles. The first-order valence-electron chi connectivity index (χ1n) is 7.33. The van der Waals surface area contributed by atoms with Crippen LogP contribution in [0.3, 0.4) is 0 Å². The lowest BCUT2D eigenvalue weighted by Gasteiger charge is -2.11. The second-order valence-electron chi connectivity index (χ2n) is 5.68. The Bertz CT molecular complexity index is 693. The number of hydrogen-bond acceptors (Lipinski definition) is 2. The van der Waals surface area contributed by atoms with Crippen molar-refractivity contribution in [2.75, 3.05) is 0 Å². The van der Waals surface area contributed by atoms with E-state index in [4.69, 9.17) is 0 Å². The molecule has 2 aromatic rings. The summed E-state index contributed by atoms with van der Waals surface area (Å²) in [5.41, 5.74) is 6.31. The third-order valence-electron chi connectivity index (χ3n) is 4.37. The second-order valence-corrected chi connectivity index (χ2v) is 5.68. The van der Waals surface area contributed by atoms with Crippen LogP contribution < -0.4 is 0 Å². The van der Waals surface area contributed by atoms with Crippen LogP contribution in [0.15, 0.2) is 36.4 Å². The van der Waals surface area contributed by atoms with Gasteiger partial charge in [-0.25, -0.2) is 0 Å². The first-order valence-corrected chi connectivity index (χ1v) is 7.33. The van der Waals surface area contributed by atoms with Crippen LogP contribution in [0.4, 0.5) is 0 Å². The summed E-state index contributed by atoms with van der Waals surface area (Å²) < 4.78 is 0. The molecule has 0 spiro atoms. The van der Waals surface area contributed by atoms with Crippen LogP contribution in [0.25, 0.3) is 11.1 Å². The highest BCUT2D eigenvalue weighted by molar-refractivity contribution is 5.97. The topological polar surface area (TPSA) is 34.1 Å². The average Bonchev–Trinajstić information content (AvgIpc) is 2.78. The molecule has 3 rings (SSSR count). The fourth-order valence-corrected chi connectivity index (χ4v) is 3.24. The summed E-state index contributed by atoms with van der Waals surface area (Å²) >= 11 is 0. The van der Waals surface area contributed by atoms with E-state index in [2.05, 4.69) is 6.92 Å². The standard InChI is InChI=1S/C19H18O2/c1-4-15-18-9-13(11(2)20)5-7-16(18)17-8-6-14(12(3)21)10-19(15)17/h5-10,15H,4H2,1-3H3. The summed E-state index contributed by atoms with van der Waals surface area (Å²) in [6.07, 6.45) is 0.961. The van der Waals surface area contributed by atoms with Gasteiger partial charge in [0.05, 0.1) is 0 Å². The maximum Gasteiger partial charge on any atom is 0.159 e. The molecule has 0 aromatic heterocycles. The highest BCUT2D eigenvalue weighted by Crippen LogP contribution is 2.46. The van der Waals surface area contributed by atoms with Gasteiger partial charge in [-0.1, -0.05) is 31.2 Å². The van der Waals surface area contributed by atoms with Gasteiger partial charge in [-0.3, -0.25) is 9.59 Å². The summed E-state index contributed by atoms with van der Waals surface area (Å²) in [6.45, 7) is 5.34. The molecule has 0 atom stereocenters. The van der Waals surface area contributed by atoms with Gasteiger partial charge in [0.25, 0.3) is 0 Å². The number of hydrogen-bond donors (Lipinski definition) is 0. The van der Waals surface area contributed by atoms with Crippen LogP contribution in [0.5, 0.6) is 0 Å². The lowest BCUT2D eigenvalue weighted by Crippen LogP contribution is -1.99. The zero-order valence-electron chi connectivity index (χ0n) is 12.6. The van der Waals surface area contributed by atoms with E-state index >= 15 is 0 Å². The second kappa shape index (κ2) is 4.96. The van der Waals surface area contributed by atoms with Crippen molar-refractivity contribution in [2.45, 2.75) is 33.1 Å². The van der Waals surface area contributed by atoms with Gasteiger partial charge in [-0.2, -0.15) is 0 Å². The Morgan fingerprint density at radius 1 is 0.857 bits per heavy atom. The molecule has 106 valence electrons. The van der Waals surface area contributed by atoms with Crippen molar-refractivity contribution in [3.63, 3.8) is 0 Å². The predicted molar refractivity (Wildman–Crippen MR) is 84.0 cm³/mol. The molecule has 1 aliphatic rings. The molecule has 0 fully saturated rings. The Morgan fingerprint density at radius 3 is 1.62 bits per heavy atom. The molecule has 2 nitrogen and oxygen atoms in total. The molecule has 0 heterocycles. The molecule has 0 amide bonds. The summed E-state index contributed by atoms with van der Waals surface area (Å²) in [6, 6.07) is 11.9. The zero-order chi connectivity index (χ0) is 15.1. The normalized spacial score (nSPS) is 12.9. The number of carbonyl (C=O) groups excluding carboxylic acids is 2. The number of Topliss-reactive ketones (excluding diaryl/α,β-unsaturated/α-hetero) is 2.